The van der Waals surface area contributed by atoms with Crippen LogP contribution in [-0.2, 0) is 29.9 Å². The van der Waals surface area contributed by atoms with Gasteiger partial charge in [-0.05, 0) is 71.5 Å². The molecule has 0 aliphatic carbocycles. The molecular formula is C29H25F10NO3. The second kappa shape index (κ2) is 12.1. The van der Waals surface area contributed by atoms with Crippen LogP contribution >= 0.6 is 0 Å². The van der Waals surface area contributed by atoms with E-state index in [1.165, 1.54) is 6.07 Å². The van der Waals surface area contributed by atoms with Gasteiger partial charge < -0.3 is 15.1 Å². The fourth-order valence-corrected chi connectivity index (χ4v) is 4.48. The lowest BCUT2D eigenvalue weighted by atomic mass is 9.91. The molecular weight excluding hydrogens is 600 g/mol. The molecule has 0 aliphatic rings. The summed E-state index contributed by atoms with van der Waals surface area (Å²) >= 11 is 0. The van der Waals surface area contributed by atoms with E-state index in [4.69, 9.17) is 0 Å². The molecule has 0 saturated heterocycles. The summed E-state index contributed by atoms with van der Waals surface area (Å²) in [5.74, 6) is -1.83. The van der Waals surface area contributed by atoms with E-state index in [1.807, 2.05) is 0 Å². The Morgan fingerprint density at radius 3 is 1.77 bits per heavy atom. The van der Waals surface area contributed by atoms with Gasteiger partial charge in [0.05, 0.1) is 28.8 Å². The Hall–Kier alpha value is -3.81. The van der Waals surface area contributed by atoms with Crippen molar-refractivity contribution >= 4 is 6.41 Å². The number of aliphatic hydroxyl groups is 1. The van der Waals surface area contributed by atoms with E-state index >= 15 is 0 Å². The summed E-state index contributed by atoms with van der Waals surface area (Å²) in [4.78, 5) is 12.7. The van der Waals surface area contributed by atoms with Crippen LogP contribution in [0.2, 0.25) is 0 Å². The van der Waals surface area contributed by atoms with E-state index in [1.54, 1.807) is 13.8 Å². The third-order valence-electron chi connectivity index (χ3n) is 6.88. The summed E-state index contributed by atoms with van der Waals surface area (Å²) in [5.41, 5.74) is -5.77. The molecule has 43 heavy (non-hydrogen) atoms. The highest BCUT2D eigenvalue weighted by Gasteiger charge is 2.38. The van der Waals surface area contributed by atoms with E-state index in [2.05, 4.69) is 0 Å². The Bertz CT molecular complexity index is 1450. The molecule has 0 fully saturated rings. The maximum absolute atomic E-state index is 14.4. The van der Waals surface area contributed by atoms with Gasteiger partial charge in [0.1, 0.15) is 11.6 Å². The summed E-state index contributed by atoms with van der Waals surface area (Å²) in [6.45, 7) is 3.59. The zero-order chi connectivity index (χ0) is 32.7. The van der Waals surface area contributed by atoms with Gasteiger partial charge in [0.25, 0.3) is 0 Å². The Balaban J connectivity index is 2.12. The maximum Gasteiger partial charge on any atom is 0.416 e. The fourth-order valence-electron chi connectivity index (χ4n) is 4.48. The zero-order valence-electron chi connectivity index (χ0n) is 22.7. The largest absolute Gasteiger partial charge is 0.507 e. The molecule has 3 aromatic rings. The quantitative estimate of drug-likeness (QED) is 0.195. The third-order valence-corrected chi connectivity index (χ3v) is 6.88. The number of hydrogen-bond acceptors (Lipinski definition) is 3. The summed E-state index contributed by atoms with van der Waals surface area (Å²) in [5, 5.41) is 21.3. The Kier molecular flexibility index (Phi) is 9.45. The lowest BCUT2D eigenvalue weighted by Crippen LogP contribution is -2.36. The first-order valence-corrected chi connectivity index (χ1v) is 12.6. The van der Waals surface area contributed by atoms with Crippen LogP contribution < -0.4 is 0 Å². The van der Waals surface area contributed by atoms with Crippen LogP contribution in [0.25, 0.3) is 11.1 Å². The number of carbonyl (C=O) groups is 1. The molecule has 3 aromatic carbocycles. The molecule has 0 aliphatic heterocycles. The van der Waals surface area contributed by atoms with Crippen LogP contribution in [0.3, 0.4) is 0 Å². The van der Waals surface area contributed by atoms with Gasteiger partial charge in [-0.3, -0.25) is 4.79 Å². The van der Waals surface area contributed by atoms with Gasteiger partial charge >= 0.3 is 18.5 Å². The number of carbonyl (C=O) groups excluding carboxylic acids is 1. The average molecular weight is 626 g/mol. The van der Waals surface area contributed by atoms with Crippen LogP contribution in [0.5, 0.6) is 5.75 Å². The number of amides is 1. The number of aliphatic hydroxyl groups excluding tert-OH is 1. The van der Waals surface area contributed by atoms with Gasteiger partial charge in [-0.25, -0.2) is 4.39 Å². The van der Waals surface area contributed by atoms with Crippen molar-refractivity contribution in [3.05, 3.63) is 87.7 Å². The molecule has 0 unspecified atom stereocenters. The van der Waals surface area contributed by atoms with Crippen molar-refractivity contribution in [3.8, 4) is 16.9 Å². The molecule has 4 nitrogen and oxygen atoms in total. The number of aromatic hydroxyl groups is 1. The maximum atomic E-state index is 14.4. The van der Waals surface area contributed by atoms with Crippen molar-refractivity contribution in [2.75, 3.05) is 0 Å². The van der Waals surface area contributed by atoms with Crippen molar-refractivity contribution in [1.29, 1.82) is 0 Å². The molecule has 0 saturated carbocycles. The zero-order valence-corrected chi connectivity index (χ0v) is 22.7. The molecule has 0 heterocycles. The van der Waals surface area contributed by atoms with Gasteiger partial charge in [-0.2, -0.15) is 39.5 Å². The number of halogens is 10. The third kappa shape index (κ3) is 7.59. The summed E-state index contributed by atoms with van der Waals surface area (Å²) < 4.78 is 135. The van der Waals surface area contributed by atoms with Crippen molar-refractivity contribution in [3.63, 3.8) is 0 Å². The number of rotatable bonds is 8. The molecule has 234 valence electrons. The Labute approximate surface area is 239 Å². The van der Waals surface area contributed by atoms with Crippen LogP contribution in [-0.4, -0.2) is 27.6 Å². The minimum absolute atomic E-state index is 0.0558. The predicted molar refractivity (Wildman–Crippen MR) is 135 cm³/mol. The second-order valence-electron chi connectivity index (χ2n) is 10.2. The van der Waals surface area contributed by atoms with E-state index in [0.29, 0.717) is 17.0 Å². The molecule has 0 aromatic heterocycles. The summed E-state index contributed by atoms with van der Waals surface area (Å²) in [6, 6.07) is 3.12. The highest BCUT2D eigenvalue weighted by molar-refractivity contribution is 5.75. The molecule has 14 heteroatoms. The molecule has 0 bridgehead atoms. The van der Waals surface area contributed by atoms with Crippen LogP contribution in [0.4, 0.5) is 43.9 Å². The Morgan fingerprint density at radius 2 is 1.30 bits per heavy atom. The number of alkyl halides is 9. The van der Waals surface area contributed by atoms with Gasteiger partial charge in [0.15, 0.2) is 0 Å². The first kappa shape index (κ1) is 33.7. The molecule has 0 radical (unpaired) electrons. The lowest BCUT2D eigenvalue weighted by Gasteiger charge is -2.31. The van der Waals surface area contributed by atoms with Crippen molar-refractivity contribution in [2.45, 2.75) is 63.9 Å². The second-order valence-corrected chi connectivity index (χ2v) is 10.2. The number of phenolic OH excluding ortho intramolecular Hbond substituents is 1. The SMILES string of the molecule is CC(C)c1cc(-c2ccc(C(F)(F)F)cc2CN(C=O)[C@@H](C)[C@@H](O)c2cc(C(F)(F)F)cc(C(F)(F)F)c2)c(O)cc1F. The van der Waals surface area contributed by atoms with Crippen molar-refractivity contribution in [2.24, 2.45) is 0 Å². The molecule has 3 rings (SSSR count). The normalized spacial score (nSPS) is 14.1. The predicted octanol–water partition coefficient (Wildman–Crippen LogP) is 8.46. The number of hydrogen-bond donors (Lipinski definition) is 2. The number of nitrogens with zero attached hydrogens (tertiary/aromatic N) is 1. The van der Waals surface area contributed by atoms with E-state index in [0.717, 1.165) is 19.1 Å². The number of benzene rings is 3. The highest BCUT2D eigenvalue weighted by atomic mass is 19.4. The lowest BCUT2D eigenvalue weighted by molar-refractivity contribution is -0.143. The minimum Gasteiger partial charge on any atom is -0.507 e. The highest BCUT2D eigenvalue weighted by Crippen LogP contribution is 2.41. The monoisotopic (exact) mass is 625 g/mol. The number of phenols is 1. The van der Waals surface area contributed by atoms with E-state index < -0.39 is 77.0 Å². The average Bonchev–Trinajstić information content (AvgIpc) is 2.89. The van der Waals surface area contributed by atoms with E-state index in [9.17, 15) is 58.9 Å². The first-order valence-electron chi connectivity index (χ1n) is 12.6. The summed E-state index contributed by atoms with van der Waals surface area (Å²) in [6.07, 6.45) is -17.4. The van der Waals surface area contributed by atoms with Gasteiger partial charge in [0, 0.05) is 18.2 Å². The van der Waals surface area contributed by atoms with Crippen molar-refractivity contribution in [1.82, 2.24) is 4.90 Å². The minimum atomic E-state index is -5.22. The van der Waals surface area contributed by atoms with Crippen LogP contribution in [0.1, 0.15) is 66.2 Å². The topological polar surface area (TPSA) is 60.8 Å². The smallest absolute Gasteiger partial charge is 0.416 e. The van der Waals surface area contributed by atoms with Crippen LogP contribution in [0.15, 0.2) is 48.5 Å². The standard InChI is InChI=1S/C29H25F10NO3/c1-14(2)22-10-23(25(42)11-24(22)30)21-5-4-18(27(31,32)33)8-17(21)12-40(13-41)15(3)26(43)16-6-19(28(34,35)36)9-20(7-16)29(37,38)39/h4-11,13-15,26,42-43H,12H2,1-3H3/t15-,26+/m0/s1. The van der Waals surface area contributed by atoms with E-state index in [-0.39, 0.29) is 46.9 Å². The first-order chi connectivity index (χ1) is 19.6. The van der Waals surface area contributed by atoms with Gasteiger partial charge in [0.2, 0.25) is 6.41 Å². The summed E-state index contributed by atoms with van der Waals surface area (Å²) in [7, 11) is 0. The van der Waals surface area contributed by atoms with Gasteiger partial charge in [-0.15, -0.1) is 0 Å². The van der Waals surface area contributed by atoms with Crippen molar-refractivity contribution < 1.29 is 58.9 Å². The Morgan fingerprint density at radius 1 is 0.767 bits per heavy atom. The molecule has 2 N–H and O–H groups in total. The van der Waals surface area contributed by atoms with Crippen LogP contribution in [0, 0.1) is 5.82 Å². The van der Waals surface area contributed by atoms with Gasteiger partial charge in [-0.1, -0.05) is 19.9 Å². The fraction of sp³-hybridized carbons (Fsp3) is 0.345. The molecule has 1 amide bonds. The molecule has 2 atom stereocenters. The molecule has 0 spiro atoms.